The molecule has 1 aromatic carbocycles. The minimum atomic E-state index is -3.11. The lowest BCUT2D eigenvalue weighted by molar-refractivity contribution is 0.318. The van der Waals surface area contributed by atoms with Crippen molar-refractivity contribution in [2.45, 2.75) is 38.5 Å². The number of hydrogen-bond acceptors (Lipinski definition) is 6. The standard InChI is InChI=1S/C18H25N3O3S2/c1-3-4-13-26(22,23)21-11-9-14(10-12-21)17-19-20-18(25-17)15-7-5-6-8-16(15)24-2/h5-8,14H,3-4,9-13H2,1-2H3. The number of sulfonamides is 1. The molecule has 0 atom stereocenters. The molecular weight excluding hydrogens is 370 g/mol. The first-order chi connectivity index (χ1) is 12.5. The fraction of sp³-hybridized carbons (Fsp3) is 0.556. The van der Waals surface area contributed by atoms with E-state index in [1.54, 1.807) is 22.8 Å². The van der Waals surface area contributed by atoms with Crippen molar-refractivity contribution in [3.05, 3.63) is 29.3 Å². The van der Waals surface area contributed by atoms with E-state index < -0.39 is 10.0 Å². The molecule has 0 unspecified atom stereocenters. The first-order valence-corrected chi connectivity index (χ1v) is 11.4. The average molecular weight is 396 g/mol. The van der Waals surface area contributed by atoms with Gasteiger partial charge in [-0.3, -0.25) is 0 Å². The van der Waals surface area contributed by atoms with Crippen LogP contribution in [0, 0.1) is 0 Å². The molecule has 26 heavy (non-hydrogen) atoms. The maximum absolute atomic E-state index is 12.3. The average Bonchev–Trinajstić information content (AvgIpc) is 3.16. The summed E-state index contributed by atoms with van der Waals surface area (Å²) in [6, 6.07) is 7.78. The SMILES string of the molecule is CCCCS(=O)(=O)N1CCC(c2nnc(-c3ccccc3OC)s2)CC1. The molecule has 3 rings (SSSR count). The lowest BCUT2D eigenvalue weighted by Gasteiger charge is -2.30. The molecule has 142 valence electrons. The van der Waals surface area contributed by atoms with Gasteiger partial charge in [0.1, 0.15) is 10.8 Å². The third-order valence-corrected chi connectivity index (χ3v) is 7.81. The number of piperidine rings is 1. The highest BCUT2D eigenvalue weighted by Gasteiger charge is 2.30. The highest BCUT2D eigenvalue weighted by Crippen LogP contribution is 2.37. The van der Waals surface area contributed by atoms with Gasteiger partial charge in [0.05, 0.1) is 18.4 Å². The van der Waals surface area contributed by atoms with Crippen molar-refractivity contribution in [1.29, 1.82) is 0 Å². The Labute approximate surface area is 159 Å². The lowest BCUT2D eigenvalue weighted by atomic mass is 9.99. The number of aromatic nitrogens is 2. The fourth-order valence-corrected chi connectivity index (χ4v) is 5.89. The summed E-state index contributed by atoms with van der Waals surface area (Å²) in [6.07, 6.45) is 3.21. The minimum Gasteiger partial charge on any atom is -0.496 e. The number of ether oxygens (including phenoxy) is 1. The molecule has 8 heteroatoms. The maximum Gasteiger partial charge on any atom is 0.214 e. The van der Waals surface area contributed by atoms with Crippen molar-refractivity contribution in [2.75, 3.05) is 26.0 Å². The van der Waals surface area contributed by atoms with Crippen LogP contribution in [0.25, 0.3) is 10.6 Å². The molecule has 0 amide bonds. The van der Waals surface area contributed by atoms with Crippen LogP contribution in [0.3, 0.4) is 0 Å². The number of methoxy groups -OCH3 is 1. The zero-order chi connectivity index (χ0) is 18.6. The van der Waals surface area contributed by atoms with Gasteiger partial charge in [-0.2, -0.15) is 0 Å². The number of benzene rings is 1. The Bertz CT molecular complexity index is 828. The van der Waals surface area contributed by atoms with E-state index in [-0.39, 0.29) is 11.7 Å². The molecule has 1 saturated heterocycles. The molecule has 0 aliphatic carbocycles. The lowest BCUT2D eigenvalue weighted by Crippen LogP contribution is -2.39. The van der Waals surface area contributed by atoms with Crippen LogP contribution in [0.5, 0.6) is 5.75 Å². The summed E-state index contributed by atoms with van der Waals surface area (Å²) in [4.78, 5) is 0. The Hall–Kier alpha value is -1.51. The Morgan fingerprint density at radius 2 is 1.96 bits per heavy atom. The molecule has 1 aliphatic rings. The number of rotatable bonds is 7. The van der Waals surface area contributed by atoms with Gasteiger partial charge in [0.15, 0.2) is 5.01 Å². The van der Waals surface area contributed by atoms with E-state index in [9.17, 15) is 8.42 Å². The summed E-state index contributed by atoms with van der Waals surface area (Å²) in [5.41, 5.74) is 0.943. The molecule has 1 aromatic heterocycles. The molecule has 0 saturated carbocycles. The summed E-state index contributed by atoms with van der Waals surface area (Å²) < 4.78 is 31.7. The van der Waals surface area contributed by atoms with Gasteiger partial charge in [0.25, 0.3) is 0 Å². The minimum absolute atomic E-state index is 0.255. The predicted molar refractivity (Wildman–Crippen MR) is 104 cm³/mol. The smallest absolute Gasteiger partial charge is 0.214 e. The van der Waals surface area contributed by atoms with E-state index in [2.05, 4.69) is 10.2 Å². The Morgan fingerprint density at radius 1 is 1.23 bits per heavy atom. The van der Waals surface area contributed by atoms with Gasteiger partial charge in [0, 0.05) is 19.0 Å². The molecule has 0 spiro atoms. The summed E-state index contributed by atoms with van der Waals surface area (Å²) in [6.45, 7) is 3.15. The van der Waals surface area contributed by atoms with Crippen molar-refractivity contribution in [3.63, 3.8) is 0 Å². The van der Waals surface area contributed by atoms with Crippen LogP contribution in [0.1, 0.15) is 43.5 Å². The molecular formula is C18H25N3O3S2. The zero-order valence-electron chi connectivity index (χ0n) is 15.2. The van der Waals surface area contributed by atoms with Crippen molar-refractivity contribution in [3.8, 4) is 16.3 Å². The molecule has 6 nitrogen and oxygen atoms in total. The van der Waals surface area contributed by atoms with Gasteiger partial charge in [-0.15, -0.1) is 10.2 Å². The fourth-order valence-electron chi connectivity index (χ4n) is 3.17. The maximum atomic E-state index is 12.3. The van der Waals surface area contributed by atoms with E-state index >= 15 is 0 Å². The Balaban J connectivity index is 1.67. The van der Waals surface area contributed by atoms with Crippen molar-refractivity contribution in [1.82, 2.24) is 14.5 Å². The van der Waals surface area contributed by atoms with Crippen molar-refractivity contribution >= 4 is 21.4 Å². The summed E-state index contributed by atoms with van der Waals surface area (Å²) >= 11 is 1.57. The largest absolute Gasteiger partial charge is 0.496 e. The number of para-hydroxylation sites is 1. The molecule has 0 bridgehead atoms. The van der Waals surface area contributed by atoms with E-state index in [1.165, 1.54) is 0 Å². The van der Waals surface area contributed by atoms with Gasteiger partial charge >= 0.3 is 0 Å². The molecule has 0 radical (unpaired) electrons. The number of nitrogens with zero attached hydrogens (tertiary/aromatic N) is 3. The molecule has 2 heterocycles. The van der Waals surface area contributed by atoms with E-state index in [4.69, 9.17) is 4.74 Å². The predicted octanol–water partition coefficient (Wildman–Crippen LogP) is 3.52. The third-order valence-electron chi connectivity index (χ3n) is 4.73. The molecule has 0 N–H and O–H groups in total. The Kier molecular flexibility index (Phi) is 6.26. The van der Waals surface area contributed by atoms with Crippen LogP contribution in [-0.2, 0) is 10.0 Å². The monoisotopic (exact) mass is 395 g/mol. The van der Waals surface area contributed by atoms with E-state index in [0.717, 1.165) is 47.0 Å². The molecule has 1 aliphatic heterocycles. The first kappa shape index (κ1) is 19.3. The van der Waals surface area contributed by atoms with Gasteiger partial charge < -0.3 is 4.74 Å². The van der Waals surface area contributed by atoms with Crippen LogP contribution in [0.2, 0.25) is 0 Å². The summed E-state index contributed by atoms with van der Waals surface area (Å²) in [5, 5.41) is 10.5. The normalized spacial score (nSPS) is 16.7. The van der Waals surface area contributed by atoms with Crippen molar-refractivity contribution < 1.29 is 13.2 Å². The molecule has 2 aromatic rings. The Morgan fingerprint density at radius 3 is 2.65 bits per heavy atom. The van der Waals surface area contributed by atoms with Gasteiger partial charge in [-0.1, -0.05) is 36.8 Å². The van der Waals surface area contributed by atoms with Crippen LogP contribution in [-0.4, -0.2) is 48.9 Å². The van der Waals surface area contributed by atoms with Crippen LogP contribution >= 0.6 is 11.3 Å². The van der Waals surface area contributed by atoms with Crippen LogP contribution in [0.4, 0.5) is 0 Å². The second kappa shape index (κ2) is 8.45. The van der Waals surface area contributed by atoms with Crippen molar-refractivity contribution in [2.24, 2.45) is 0 Å². The third kappa shape index (κ3) is 4.24. The first-order valence-electron chi connectivity index (χ1n) is 8.99. The van der Waals surface area contributed by atoms with E-state index in [1.807, 2.05) is 31.2 Å². The number of unbranched alkanes of at least 4 members (excludes halogenated alkanes) is 1. The van der Waals surface area contributed by atoms with E-state index in [0.29, 0.717) is 13.1 Å². The van der Waals surface area contributed by atoms with Gasteiger partial charge in [0.2, 0.25) is 10.0 Å². The second-order valence-electron chi connectivity index (χ2n) is 6.49. The highest BCUT2D eigenvalue weighted by molar-refractivity contribution is 7.89. The summed E-state index contributed by atoms with van der Waals surface area (Å²) in [5.74, 6) is 1.31. The van der Waals surface area contributed by atoms with Gasteiger partial charge in [-0.25, -0.2) is 12.7 Å². The zero-order valence-corrected chi connectivity index (χ0v) is 16.9. The quantitative estimate of drug-likeness (QED) is 0.717. The highest BCUT2D eigenvalue weighted by atomic mass is 32.2. The summed E-state index contributed by atoms with van der Waals surface area (Å²) in [7, 11) is -1.47. The topological polar surface area (TPSA) is 72.4 Å². The van der Waals surface area contributed by atoms with Crippen LogP contribution in [0.15, 0.2) is 24.3 Å². The van der Waals surface area contributed by atoms with Gasteiger partial charge in [-0.05, 0) is 31.4 Å². The second-order valence-corrected chi connectivity index (χ2v) is 9.59. The molecule has 1 fully saturated rings. The van der Waals surface area contributed by atoms with Crippen LogP contribution < -0.4 is 4.74 Å². The number of hydrogen-bond donors (Lipinski definition) is 0.